The summed E-state index contributed by atoms with van der Waals surface area (Å²) in [7, 11) is 0. The molecule has 0 aliphatic carbocycles. The Bertz CT molecular complexity index is 805. The van der Waals surface area contributed by atoms with E-state index in [-0.39, 0.29) is 6.09 Å². The fourth-order valence-electron chi connectivity index (χ4n) is 2.58. The summed E-state index contributed by atoms with van der Waals surface area (Å²) in [5.41, 5.74) is 4.48. The summed E-state index contributed by atoms with van der Waals surface area (Å²) < 4.78 is 5.37. The first kappa shape index (κ1) is 20.0. The number of carbonyl (C=O) groups is 3. The Kier molecular flexibility index (Phi) is 6.93. The highest BCUT2D eigenvalue weighted by Gasteiger charge is 2.23. The Morgan fingerprint density at radius 2 is 2.00 bits per heavy atom. The van der Waals surface area contributed by atoms with E-state index in [9.17, 15) is 4.79 Å². The summed E-state index contributed by atoms with van der Waals surface area (Å²) in [5.74, 6) is -3.65. The van der Waals surface area contributed by atoms with Gasteiger partial charge < -0.3 is 24.8 Å². The highest BCUT2D eigenvalue weighted by Crippen LogP contribution is 2.15. The molecular weight excluding hydrogens is 354 g/mol. The van der Waals surface area contributed by atoms with Crippen molar-refractivity contribution in [3.8, 4) is 0 Å². The number of nitrogens with one attached hydrogen (secondary N) is 1. The SMILES string of the molecule is Cc1cccc(CCOC(=O)N2CCc3nc[nH]c3C2)c1.O=C(O)C(=O)O. The van der Waals surface area contributed by atoms with Gasteiger partial charge in [0.25, 0.3) is 0 Å². The van der Waals surface area contributed by atoms with Gasteiger partial charge >= 0.3 is 18.0 Å². The molecule has 2 heterocycles. The monoisotopic (exact) mass is 375 g/mol. The summed E-state index contributed by atoms with van der Waals surface area (Å²) in [6, 6.07) is 8.26. The number of benzene rings is 1. The van der Waals surface area contributed by atoms with Crippen molar-refractivity contribution in [2.75, 3.05) is 13.2 Å². The van der Waals surface area contributed by atoms with Crippen LogP contribution in [0, 0.1) is 6.92 Å². The van der Waals surface area contributed by atoms with E-state index in [4.69, 9.17) is 24.5 Å². The molecule has 0 unspecified atom stereocenters. The first-order chi connectivity index (χ1) is 12.9. The molecule has 0 spiro atoms. The summed E-state index contributed by atoms with van der Waals surface area (Å²) >= 11 is 0. The molecule has 0 saturated carbocycles. The number of ether oxygens (including phenoxy) is 1. The minimum atomic E-state index is -1.82. The van der Waals surface area contributed by atoms with E-state index < -0.39 is 11.9 Å². The van der Waals surface area contributed by atoms with Crippen molar-refractivity contribution in [2.24, 2.45) is 0 Å². The van der Waals surface area contributed by atoms with Crippen LogP contribution >= 0.6 is 0 Å². The Labute approximate surface area is 155 Å². The summed E-state index contributed by atoms with van der Waals surface area (Å²) in [5, 5.41) is 14.8. The van der Waals surface area contributed by atoms with Gasteiger partial charge in [0.05, 0.1) is 30.9 Å². The molecule has 1 aromatic heterocycles. The van der Waals surface area contributed by atoms with Gasteiger partial charge in [-0.3, -0.25) is 0 Å². The van der Waals surface area contributed by atoms with Crippen LogP contribution in [0.1, 0.15) is 22.5 Å². The third-order valence-electron chi connectivity index (χ3n) is 3.91. The number of amides is 1. The number of fused-ring (bicyclic) bond motifs is 1. The standard InChI is InChI=1S/C16H19N3O2.C2H2O4/c1-12-3-2-4-13(9-12)6-8-21-16(20)19-7-5-14-15(10-19)18-11-17-14;3-1(4)2(5)6/h2-4,9,11H,5-8,10H2,1H3,(H,17,18);(H,3,4)(H,5,6). The molecule has 1 aliphatic heterocycles. The van der Waals surface area contributed by atoms with Crippen LogP contribution in [-0.2, 0) is 33.7 Å². The van der Waals surface area contributed by atoms with Gasteiger partial charge in [-0.05, 0) is 12.5 Å². The second-order valence-electron chi connectivity index (χ2n) is 5.96. The molecule has 9 nitrogen and oxygen atoms in total. The van der Waals surface area contributed by atoms with Crippen LogP contribution in [0.3, 0.4) is 0 Å². The van der Waals surface area contributed by atoms with E-state index in [1.54, 1.807) is 11.2 Å². The van der Waals surface area contributed by atoms with Gasteiger partial charge in [0.1, 0.15) is 0 Å². The number of H-pyrrole nitrogens is 1. The third-order valence-corrected chi connectivity index (χ3v) is 3.91. The van der Waals surface area contributed by atoms with Gasteiger partial charge in [-0.15, -0.1) is 0 Å². The van der Waals surface area contributed by atoms with Gasteiger partial charge in [0.15, 0.2) is 0 Å². The first-order valence-corrected chi connectivity index (χ1v) is 8.31. The lowest BCUT2D eigenvalue weighted by molar-refractivity contribution is -0.159. The van der Waals surface area contributed by atoms with Crippen molar-refractivity contribution in [1.82, 2.24) is 14.9 Å². The Hall–Kier alpha value is -3.36. The second kappa shape index (κ2) is 9.37. The average Bonchev–Trinajstić information content (AvgIpc) is 3.10. The molecule has 2 aromatic rings. The maximum atomic E-state index is 12.1. The van der Waals surface area contributed by atoms with Crippen molar-refractivity contribution in [2.45, 2.75) is 26.3 Å². The predicted molar refractivity (Wildman–Crippen MR) is 94.2 cm³/mol. The minimum Gasteiger partial charge on any atom is -0.473 e. The number of carboxylic acids is 2. The van der Waals surface area contributed by atoms with Crippen molar-refractivity contribution in [3.63, 3.8) is 0 Å². The number of aliphatic carboxylic acids is 2. The predicted octanol–water partition coefficient (Wildman–Crippen LogP) is 1.61. The molecule has 0 saturated heterocycles. The number of aromatic nitrogens is 2. The Balaban J connectivity index is 0.000000380. The highest BCUT2D eigenvalue weighted by atomic mass is 16.6. The number of aromatic amines is 1. The fraction of sp³-hybridized carbons (Fsp3) is 0.333. The van der Waals surface area contributed by atoms with Crippen LogP contribution in [0.4, 0.5) is 4.79 Å². The number of hydrogen-bond acceptors (Lipinski definition) is 5. The van der Waals surface area contributed by atoms with Crippen LogP contribution in [0.2, 0.25) is 0 Å². The maximum Gasteiger partial charge on any atom is 0.414 e. The molecule has 144 valence electrons. The van der Waals surface area contributed by atoms with Crippen LogP contribution in [-0.4, -0.2) is 56.3 Å². The smallest absolute Gasteiger partial charge is 0.414 e. The zero-order valence-corrected chi connectivity index (χ0v) is 14.8. The van der Waals surface area contributed by atoms with E-state index in [0.717, 1.165) is 24.2 Å². The van der Waals surface area contributed by atoms with Crippen LogP contribution in [0.25, 0.3) is 0 Å². The topological polar surface area (TPSA) is 133 Å². The van der Waals surface area contributed by atoms with E-state index >= 15 is 0 Å². The quantitative estimate of drug-likeness (QED) is 0.694. The summed E-state index contributed by atoms with van der Waals surface area (Å²) in [6.45, 7) is 3.69. The van der Waals surface area contributed by atoms with E-state index in [0.29, 0.717) is 19.7 Å². The van der Waals surface area contributed by atoms with Crippen molar-refractivity contribution < 1.29 is 29.3 Å². The Morgan fingerprint density at radius 3 is 2.67 bits per heavy atom. The van der Waals surface area contributed by atoms with E-state index in [2.05, 4.69) is 35.1 Å². The van der Waals surface area contributed by atoms with Crippen LogP contribution < -0.4 is 0 Å². The molecule has 0 radical (unpaired) electrons. The number of nitrogens with zero attached hydrogens (tertiary/aromatic N) is 2. The summed E-state index contributed by atoms with van der Waals surface area (Å²) in [4.78, 5) is 39.3. The molecule has 9 heteroatoms. The van der Waals surface area contributed by atoms with Gasteiger partial charge in [-0.1, -0.05) is 29.8 Å². The number of imidazole rings is 1. The zero-order chi connectivity index (χ0) is 19.8. The van der Waals surface area contributed by atoms with Gasteiger partial charge in [0, 0.05) is 19.4 Å². The first-order valence-electron chi connectivity index (χ1n) is 8.31. The number of hydrogen-bond donors (Lipinski definition) is 3. The largest absolute Gasteiger partial charge is 0.473 e. The Morgan fingerprint density at radius 1 is 1.26 bits per heavy atom. The highest BCUT2D eigenvalue weighted by molar-refractivity contribution is 6.27. The van der Waals surface area contributed by atoms with Crippen molar-refractivity contribution >= 4 is 18.0 Å². The molecule has 0 bridgehead atoms. The molecule has 27 heavy (non-hydrogen) atoms. The number of aryl methyl sites for hydroxylation is 1. The molecule has 1 amide bonds. The zero-order valence-electron chi connectivity index (χ0n) is 14.8. The van der Waals surface area contributed by atoms with Crippen LogP contribution in [0.5, 0.6) is 0 Å². The molecule has 0 fully saturated rings. The molecule has 1 aliphatic rings. The fourth-order valence-corrected chi connectivity index (χ4v) is 2.58. The van der Waals surface area contributed by atoms with Gasteiger partial charge in [0.2, 0.25) is 0 Å². The summed E-state index contributed by atoms with van der Waals surface area (Å²) in [6.07, 6.45) is 2.96. The minimum absolute atomic E-state index is 0.247. The number of rotatable bonds is 3. The lowest BCUT2D eigenvalue weighted by Gasteiger charge is -2.25. The molecular formula is C18H21N3O6. The number of carbonyl (C=O) groups excluding carboxylic acids is 1. The lowest BCUT2D eigenvalue weighted by Crippen LogP contribution is -2.36. The number of carboxylic acid groups (broad SMARTS) is 2. The normalized spacial score (nSPS) is 12.4. The van der Waals surface area contributed by atoms with E-state index in [1.807, 2.05) is 6.07 Å². The van der Waals surface area contributed by atoms with Gasteiger partial charge in [-0.2, -0.15) is 0 Å². The van der Waals surface area contributed by atoms with Crippen molar-refractivity contribution in [3.05, 3.63) is 53.1 Å². The lowest BCUT2D eigenvalue weighted by atomic mass is 10.1. The molecule has 1 aromatic carbocycles. The maximum absolute atomic E-state index is 12.1. The molecule has 3 N–H and O–H groups in total. The molecule has 3 rings (SSSR count). The average molecular weight is 375 g/mol. The van der Waals surface area contributed by atoms with Crippen LogP contribution in [0.15, 0.2) is 30.6 Å². The van der Waals surface area contributed by atoms with E-state index in [1.165, 1.54) is 11.1 Å². The van der Waals surface area contributed by atoms with Gasteiger partial charge in [-0.25, -0.2) is 19.4 Å². The third kappa shape index (κ3) is 6.14. The second-order valence-corrected chi connectivity index (χ2v) is 5.96. The van der Waals surface area contributed by atoms with Crippen molar-refractivity contribution in [1.29, 1.82) is 0 Å². The molecule has 0 atom stereocenters.